The summed E-state index contributed by atoms with van der Waals surface area (Å²) >= 11 is 0. The number of nitrogens with one attached hydrogen (secondary N) is 1. The van der Waals surface area contributed by atoms with Crippen LogP contribution in [-0.4, -0.2) is 49.7 Å². The summed E-state index contributed by atoms with van der Waals surface area (Å²) in [4.78, 5) is 13.8. The predicted octanol–water partition coefficient (Wildman–Crippen LogP) is 1.01. The lowest BCUT2D eigenvalue weighted by Gasteiger charge is -2.28. The van der Waals surface area contributed by atoms with E-state index in [1.54, 1.807) is 0 Å². The molecule has 1 aliphatic heterocycles. The highest BCUT2D eigenvalue weighted by Gasteiger charge is 2.23. The van der Waals surface area contributed by atoms with Gasteiger partial charge in [-0.15, -0.1) is 0 Å². The number of amides is 1. The Kier molecular flexibility index (Phi) is 4.80. The topological polar surface area (TPSA) is 41.6 Å². The van der Waals surface area contributed by atoms with E-state index < -0.39 is 0 Å². The minimum absolute atomic E-state index is 0.221. The first-order chi connectivity index (χ1) is 8.27. The fourth-order valence-electron chi connectivity index (χ4n) is 2.80. The number of carbonyl (C=O) groups is 1. The maximum atomic E-state index is 11.9. The van der Waals surface area contributed by atoms with Crippen molar-refractivity contribution in [3.63, 3.8) is 0 Å². The molecule has 4 nitrogen and oxygen atoms in total. The van der Waals surface area contributed by atoms with Gasteiger partial charge in [-0.25, -0.2) is 0 Å². The van der Waals surface area contributed by atoms with Gasteiger partial charge in [0.25, 0.3) is 0 Å². The van der Waals surface area contributed by atoms with Crippen LogP contribution < -0.4 is 5.32 Å². The van der Waals surface area contributed by atoms with Gasteiger partial charge in [0, 0.05) is 19.1 Å². The van der Waals surface area contributed by atoms with Crippen molar-refractivity contribution in [3.8, 4) is 0 Å². The van der Waals surface area contributed by atoms with Gasteiger partial charge in [-0.2, -0.15) is 0 Å². The second-order valence-corrected chi connectivity index (χ2v) is 5.21. The number of hydrogen-bond donors (Lipinski definition) is 1. The van der Waals surface area contributed by atoms with Crippen LogP contribution in [0.4, 0.5) is 0 Å². The molecule has 98 valence electrons. The number of morpholine rings is 1. The molecular weight excluding hydrogens is 216 g/mol. The Bertz CT molecular complexity index is 246. The molecular formula is C13H24N2O2. The summed E-state index contributed by atoms with van der Waals surface area (Å²) < 4.78 is 5.24. The molecule has 1 atom stereocenters. The number of carbonyl (C=O) groups excluding carboxylic acids is 1. The van der Waals surface area contributed by atoms with E-state index in [-0.39, 0.29) is 5.91 Å². The molecule has 17 heavy (non-hydrogen) atoms. The first kappa shape index (κ1) is 12.8. The van der Waals surface area contributed by atoms with Crippen LogP contribution in [0.3, 0.4) is 0 Å². The average Bonchev–Trinajstić information content (AvgIpc) is 2.90. The zero-order valence-electron chi connectivity index (χ0n) is 10.8. The summed E-state index contributed by atoms with van der Waals surface area (Å²) in [6, 6.07) is 0.475. The van der Waals surface area contributed by atoms with Crippen LogP contribution in [-0.2, 0) is 9.53 Å². The standard InChI is InChI=1S/C13H24N2O2/c1-11(12-4-2-3-5-12)14-10-13(16)15-6-8-17-9-7-15/h11-12,14H,2-10H2,1H3. The predicted molar refractivity (Wildman–Crippen MR) is 66.8 cm³/mol. The van der Waals surface area contributed by atoms with Gasteiger partial charge in [0.05, 0.1) is 19.8 Å². The molecule has 0 aromatic heterocycles. The van der Waals surface area contributed by atoms with Crippen molar-refractivity contribution >= 4 is 5.91 Å². The van der Waals surface area contributed by atoms with Crippen LogP contribution in [0.1, 0.15) is 32.6 Å². The molecule has 0 radical (unpaired) electrons. The van der Waals surface area contributed by atoms with E-state index in [1.165, 1.54) is 25.7 Å². The Morgan fingerprint density at radius 1 is 1.35 bits per heavy atom. The largest absolute Gasteiger partial charge is 0.378 e. The lowest BCUT2D eigenvalue weighted by molar-refractivity contribution is -0.134. The van der Waals surface area contributed by atoms with Crippen LogP contribution in [0.2, 0.25) is 0 Å². The minimum atomic E-state index is 0.221. The number of rotatable bonds is 4. The zero-order chi connectivity index (χ0) is 12.1. The lowest BCUT2D eigenvalue weighted by Crippen LogP contribution is -2.46. The number of hydrogen-bond acceptors (Lipinski definition) is 3. The van der Waals surface area contributed by atoms with E-state index in [4.69, 9.17) is 4.74 Å². The summed E-state index contributed by atoms with van der Waals surface area (Å²) in [6.45, 7) is 5.56. The second kappa shape index (κ2) is 6.36. The molecule has 0 spiro atoms. The first-order valence-corrected chi connectivity index (χ1v) is 6.86. The molecule has 2 rings (SSSR count). The van der Waals surface area contributed by atoms with Crippen molar-refractivity contribution in [1.82, 2.24) is 10.2 Å². The molecule has 0 bridgehead atoms. The highest BCUT2D eigenvalue weighted by molar-refractivity contribution is 5.78. The molecule has 1 unspecified atom stereocenters. The third-order valence-electron chi connectivity index (χ3n) is 4.05. The van der Waals surface area contributed by atoms with Crippen LogP contribution in [0, 0.1) is 5.92 Å². The fraction of sp³-hybridized carbons (Fsp3) is 0.923. The molecule has 1 heterocycles. The molecule has 0 aromatic rings. The van der Waals surface area contributed by atoms with Gasteiger partial charge >= 0.3 is 0 Å². The van der Waals surface area contributed by atoms with Gasteiger partial charge in [-0.05, 0) is 25.7 Å². The van der Waals surface area contributed by atoms with Gasteiger partial charge in [0.15, 0.2) is 0 Å². The van der Waals surface area contributed by atoms with Crippen LogP contribution in [0.5, 0.6) is 0 Å². The van der Waals surface area contributed by atoms with Crippen molar-refractivity contribution in [2.45, 2.75) is 38.6 Å². The van der Waals surface area contributed by atoms with Gasteiger partial charge in [-0.3, -0.25) is 4.79 Å². The Labute approximate surface area is 104 Å². The molecule has 2 fully saturated rings. The van der Waals surface area contributed by atoms with E-state index in [0.717, 1.165) is 19.0 Å². The molecule has 1 aliphatic carbocycles. The summed E-state index contributed by atoms with van der Waals surface area (Å²) in [5, 5.41) is 3.39. The Balaban J connectivity index is 1.67. The zero-order valence-corrected chi connectivity index (χ0v) is 10.8. The smallest absolute Gasteiger partial charge is 0.236 e. The Hall–Kier alpha value is -0.610. The maximum absolute atomic E-state index is 11.9. The van der Waals surface area contributed by atoms with Crippen molar-refractivity contribution in [1.29, 1.82) is 0 Å². The molecule has 2 aliphatic rings. The van der Waals surface area contributed by atoms with E-state index in [9.17, 15) is 4.79 Å². The number of nitrogens with zero attached hydrogens (tertiary/aromatic N) is 1. The third kappa shape index (κ3) is 3.68. The van der Waals surface area contributed by atoms with Gasteiger partial charge in [0.2, 0.25) is 5.91 Å². The molecule has 0 aromatic carbocycles. The fourth-order valence-corrected chi connectivity index (χ4v) is 2.80. The maximum Gasteiger partial charge on any atom is 0.236 e. The van der Waals surface area contributed by atoms with Crippen LogP contribution in [0.15, 0.2) is 0 Å². The third-order valence-corrected chi connectivity index (χ3v) is 4.05. The second-order valence-electron chi connectivity index (χ2n) is 5.21. The molecule has 1 amide bonds. The monoisotopic (exact) mass is 240 g/mol. The lowest BCUT2D eigenvalue weighted by atomic mass is 10.00. The van der Waals surface area contributed by atoms with Gasteiger partial charge in [-0.1, -0.05) is 12.8 Å². The summed E-state index contributed by atoms with van der Waals surface area (Å²) in [5.41, 5.74) is 0. The van der Waals surface area contributed by atoms with E-state index >= 15 is 0 Å². The molecule has 1 N–H and O–H groups in total. The number of ether oxygens (including phenoxy) is 1. The average molecular weight is 240 g/mol. The van der Waals surface area contributed by atoms with Crippen molar-refractivity contribution in [2.24, 2.45) is 5.92 Å². The van der Waals surface area contributed by atoms with E-state index in [2.05, 4.69) is 12.2 Å². The van der Waals surface area contributed by atoms with Crippen LogP contribution >= 0.6 is 0 Å². The van der Waals surface area contributed by atoms with Gasteiger partial charge in [0.1, 0.15) is 0 Å². The summed E-state index contributed by atoms with van der Waals surface area (Å²) in [6.07, 6.45) is 5.35. The first-order valence-electron chi connectivity index (χ1n) is 6.86. The summed E-state index contributed by atoms with van der Waals surface area (Å²) in [7, 11) is 0. The Morgan fingerprint density at radius 2 is 2.00 bits per heavy atom. The van der Waals surface area contributed by atoms with Crippen molar-refractivity contribution in [2.75, 3.05) is 32.8 Å². The van der Waals surface area contributed by atoms with Crippen LogP contribution in [0.25, 0.3) is 0 Å². The minimum Gasteiger partial charge on any atom is -0.378 e. The van der Waals surface area contributed by atoms with E-state index in [1.807, 2.05) is 4.90 Å². The quantitative estimate of drug-likeness (QED) is 0.797. The van der Waals surface area contributed by atoms with E-state index in [0.29, 0.717) is 25.8 Å². The highest BCUT2D eigenvalue weighted by Crippen LogP contribution is 2.27. The molecule has 4 heteroatoms. The van der Waals surface area contributed by atoms with Crippen molar-refractivity contribution < 1.29 is 9.53 Å². The normalized spacial score (nSPS) is 23.9. The highest BCUT2D eigenvalue weighted by atomic mass is 16.5. The van der Waals surface area contributed by atoms with Crippen molar-refractivity contribution in [3.05, 3.63) is 0 Å². The summed E-state index contributed by atoms with van der Waals surface area (Å²) in [5.74, 6) is 0.991. The molecule has 1 saturated carbocycles. The SMILES string of the molecule is CC(NCC(=O)N1CCOCC1)C1CCCC1. The molecule has 1 saturated heterocycles. The Morgan fingerprint density at radius 3 is 2.65 bits per heavy atom. The van der Waals surface area contributed by atoms with Gasteiger partial charge < -0.3 is 15.0 Å².